The highest BCUT2D eigenvalue weighted by Gasteiger charge is 2.25. The molecule has 2 unspecified atom stereocenters. The van der Waals surface area contributed by atoms with Crippen LogP contribution in [0.1, 0.15) is 49.4 Å². The molecule has 1 aliphatic carbocycles. The fraction of sp³-hybridized carbons (Fsp3) is 0.533. The zero-order chi connectivity index (χ0) is 13.8. The predicted octanol–water partition coefficient (Wildman–Crippen LogP) is 4.49. The maximum Gasteiger partial charge on any atom is 0.335 e. The monoisotopic (exact) mass is 326 g/mol. The second-order valence-corrected chi connectivity index (χ2v) is 5.91. The standard InChI is InChI=1S/C15H19BrO3/c1-2-10-5-3-4-6-13(10)19-14-8-7-11(15(17)18)9-12(14)16/h7-10,13H,2-6H2,1H3,(H,17,18). The van der Waals surface area contributed by atoms with Crippen molar-refractivity contribution in [2.24, 2.45) is 5.92 Å². The van der Waals surface area contributed by atoms with Gasteiger partial charge in [-0.15, -0.1) is 0 Å². The van der Waals surface area contributed by atoms with Crippen LogP contribution in [-0.2, 0) is 0 Å². The normalized spacial score (nSPS) is 23.1. The maximum absolute atomic E-state index is 10.9. The SMILES string of the molecule is CCC1CCCCC1Oc1ccc(C(=O)O)cc1Br. The fourth-order valence-corrected chi connectivity index (χ4v) is 3.16. The lowest BCUT2D eigenvalue weighted by Crippen LogP contribution is -2.30. The van der Waals surface area contributed by atoms with E-state index in [-0.39, 0.29) is 11.7 Å². The molecule has 1 aromatic rings. The quantitative estimate of drug-likeness (QED) is 0.886. The van der Waals surface area contributed by atoms with Crippen LogP contribution in [0.15, 0.2) is 22.7 Å². The maximum atomic E-state index is 10.9. The third-order valence-electron chi connectivity index (χ3n) is 3.82. The third kappa shape index (κ3) is 3.50. The highest BCUT2D eigenvalue weighted by molar-refractivity contribution is 9.10. The van der Waals surface area contributed by atoms with Crippen molar-refractivity contribution in [1.29, 1.82) is 0 Å². The van der Waals surface area contributed by atoms with E-state index >= 15 is 0 Å². The van der Waals surface area contributed by atoms with Crippen LogP contribution in [0.5, 0.6) is 5.75 Å². The molecular weight excluding hydrogens is 308 g/mol. The summed E-state index contributed by atoms with van der Waals surface area (Å²) in [5.41, 5.74) is 0.273. The van der Waals surface area contributed by atoms with Crippen molar-refractivity contribution in [3.8, 4) is 5.75 Å². The Labute approximate surface area is 122 Å². The van der Waals surface area contributed by atoms with E-state index in [1.807, 2.05) is 0 Å². The first-order chi connectivity index (χ1) is 9.11. The van der Waals surface area contributed by atoms with Crippen molar-refractivity contribution >= 4 is 21.9 Å². The highest BCUT2D eigenvalue weighted by Crippen LogP contribution is 2.33. The van der Waals surface area contributed by atoms with Gasteiger partial charge >= 0.3 is 5.97 Å². The van der Waals surface area contributed by atoms with Crippen LogP contribution < -0.4 is 4.74 Å². The molecule has 1 aliphatic rings. The molecule has 3 nitrogen and oxygen atoms in total. The van der Waals surface area contributed by atoms with E-state index in [1.54, 1.807) is 18.2 Å². The van der Waals surface area contributed by atoms with Gasteiger partial charge in [0.15, 0.2) is 0 Å². The Morgan fingerprint density at radius 1 is 1.42 bits per heavy atom. The summed E-state index contributed by atoms with van der Waals surface area (Å²) in [5, 5.41) is 8.94. The fourth-order valence-electron chi connectivity index (χ4n) is 2.69. The van der Waals surface area contributed by atoms with Gasteiger partial charge in [-0.25, -0.2) is 4.79 Å². The summed E-state index contributed by atoms with van der Waals surface area (Å²) in [4.78, 5) is 10.9. The first-order valence-electron chi connectivity index (χ1n) is 6.81. The lowest BCUT2D eigenvalue weighted by Gasteiger charge is -2.31. The van der Waals surface area contributed by atoms with E-state index in [0.717, 1.165) is 18.6 Å². The summed E-state index contributed by atoms with van der Waals surface area (Å²) in [6, 6.07) is 4.93. The lowest BCUT2D eigenvalue weighted by atomic mass is 9.85. The van der Waals surface area contributed by atoms with Gasteiger partial charge < -0.3 is 9.84 Å². The number of hydrogen-bond acceptors (Lipinski definition) is 2. The van der Waals surface area contributed by atoms with E-state index < -0.39 is 5.97 Å². The summed E-state index contributed by atoms with van der Waals surface area (Å²) in [6.45, 7) is 2.20. The summed E-state index contributed by atoms with van der Waals surface area (Å²) < 4.78 is 6.80. The van der Waals surface area contributed by atoms with Crippen LogP contribution in [0.2, 0.25) is 0 Å². The van der Waals surface area contributed by atoms with Gasteiger partial charge in [0.2, 0.25) is 0 Å². The average molecular weight is 327 g/mol. The number of carboxylic acids is 1. The number of ether oxygens (including phenoxy) is 1. The van der Waals surface area contributed by atoms with Crippen LogP contribution in [0.4, 0.5) is 0 Å². The molecule has 19 heavy (non-hydrogen) atoms. The van der Waals surface area contributed by atoms with Crippen LogP contribution >= 0.6 is 15.9 Å². The predicted molar refractivity (Wildman–Crippen MR) is 77.8 cm³/mol. The highest BCUT2D eigenvalue weighted by atomic mass is 79.9. The zero-order valence-electron chi connectivity index (χ0n) is 11.1. The van der Waals surface area contributed by atoms with Crippen LogP contribution in [0, 0.1) is 5.92 Å². The molecule has 0 radical (unpaired) electrons. The van der Waals surface area contributed by atoms with E-state index in [1.165, 1.54) is 19.3 Å². The Morgan fingerprint density at radius 3 is 2.79 bits per heavy atom. The Morgan fingerprint density at radius 2 is 2.16 bits per heavy atom. The van der Waals surface area contributed by atoms with Crippen molar-refractivity contribution in [3.63, 3.8) is 0 Å². The van der Waals surface area contributed by atoms with Gasteiger partial charge in [-0.1, -0.05) is 13.3 Å². The minimum atomic E-state index is -0.920. The van der Waals surface area contributed by atoms with Gasteiger partial charge in [-0.05, 0) is 65.7 Å². The van der Waals surface area contributed by atoms with Crippen LogP contribution in [0.3, 0.4) is 0 Å². The smallest absolute Gasteiger partial charge is 0.335 e. The molecule has 4 heteroatoms. The number of aromatic carboxylic acids is 1. The molecule has 0 saturated heterocycles. The molecule has 0 amide bonds. The van der Waals surface area contributed by atoms with Crippen LogP contribution in [0.25, 0.3) is 0 Å². The Hall–Kier alpha value is -1.03. The molecule has 0 heterocycles. The van der Waals surface area contributed by atoms with Gasteiger partial charge in [0.1, 0.15) is 11.9 Å². The van der Waals surface area contributed by atoms with E-state index in [9.17, 15) is 4.79 Å². The third-order valence-corrected chi connectivity index (χ3v) is 4.44. The molecule has 1 fully saturated rings. The first-order valence-corrected chi connectivity index (χ1v) is 7.60. The first kappa shape index (κ1) is 14.4. The molecule has 104 valence electrons. The number of rotatable bonds is 4. The lowest BCUT2D eigenvalue weighted by molar-refractivity contribution is 0.0696. The average Bonchev–Trinajstić information content (AvgIpc) is 2.41. The molecule has 0 aromatic heterocycles. The molecule has 0 spiro atoms. The summed E-state index contributed by atoms with van der Waals surface area (Å²) in [6.07, 6.45) is 6.21. The van der Waals surface area contributed by atoms with Crippen molar-refractivity contribution < 1.29 is 14.6 Å². The molecule has 1 aromatic carbocycles. The number of carboxylic acid groups (broad SMARTS) is 1. The van der Waals surface area contributed by atoms with Crippen molar-refractivity contribution in [3.05, 3.63) is 28.2 Å². The summed E-state index contributed by atoms with van der Waals surface area (Å²) in [7, 11) is 0. The largest absolute Gasteiger partial charge is 0.489 e. The van der Waals surface area contributed by atoms with Gasteiger partial charge in [0, 0.05) is 0 Å². The number of benzene rings is 1. The second kappa shape index (κ2) is 6.42. The zero-order valence-corrected chi connectivity index (χ0v) is 12.6. The van der Waals surface area contributed by atoms with Gasteiger partial charge in [-0.2, -0.15) is 0 Å². The molecule has 1 saturated carbocycles. The topological polar surface area (TPSA) is 46.5 Å². The molecule has 0 aliphatic heterocycles. The molecular formula is C15H19BrO3. The van der Waals surface area contributed by atoms with Gasteiger partial charge in [0.05, 0.1) is 10.0 Å². The van der Waals surface area contributed by atoms with Gasteiger partial charge in [-0.3, -0.25) is 0 Å². The summed E-state index contributed by atoms with van der Waals surface area (Å²) >= 11 is 3.40. The van der Waals surface area contributed by atoms with Gasteiger partial charge in [0.25, 0.3) is 0 Å². The van der Waals surface area contributed by atoms with E-state index in [2.05, 4.69) is 22.9 Å². The Balaban J connectivity index is 2.11. The van der Waals surface area contributed by atoms with Crippen molar-refractivity contribution in [2.45, 2.75) is 45.1 Å². The molecule has 2 atom stereocenters. The number of hydrogen-bond donors (Lipinski definition) is 1. The molecule has 1 N–H and O–H groups in total. The van der Waals surface area contributed by atoms with Crippen LogP contribution in [-0.4, -0.2) is 17.2 Å². The number of halogens is 1. The van der Waals surface area contributed by atoms with Crippen molar-refractivity contribution in [1.82, 2.24) is 0 Å². The minimum absolute atomic E-state index is 0.255. The Kier molecular flexibility index (Phi) is 4.86. The Bertz CT molecular complexity index is 459. The van der Waals surface area contributed by atoms with E-state index in [4.69, 9.17) is 9.84 Å². The molecule has 2 rings (SSSR count). The second-order valence-electron chi connectivity index (χ2n) is 5.06. The molecule has 0 bridgehead atoms. The number of carbonyl (C=O) groups is 1. The van der Waals surface area contributed by atoms with E-state index in [0.29, 0.717) is 10.4 Å². The minimum Gasteiger partial charge on any atom is -0.489 e. The summed E-state index contributed by atoms with van der Waals surface area (Å²) in [5.74, 6) is 0.437. The van der Waals surface area contributed by atoms with Crippen molar-refractivity contribution in [2.75, 3.05) is 0 Å².